The van der Waals surface area contributed by atoms with E-state index in [9.17, 15) is 0 Å². The van der Waals surface area contributed by atoms with Crippen molar-refractivity contribution in [2.24, 2.45) is 0 Å². The average molecular weight is 345 g/mol. The topological polar surface area (TPSA) is 30.7 Å². The minimum Gasteiger partial charge on any atom is -0.236 e. The van der Waals surface area contributed by atoms with Gasteiger partial charge in [0, 0.05) is 27.3 Å². The van der Waals surface area contributed by atoms with E-state index < -0.39 is 0 Å². The maximum atomic E-state index is 4.37. The Bertz CT molecular complexity index is 476. The van der Waals surface area contributed by atoms with E-state index in [4.69, 9.17) is 0 Å². The summed E-state index contributed by atoms with van der Waals surface area (Å²) in [6, 6.07) is 3.92. The molecular weight excluding hydrogens is 334 g/mol. The lowest BCUT2D eigenvalue weighted by molar-refractivity contribution is 0.786. The van der Waals surface area contributed by atoms with Crippen molar-refractivity contribution in [1.29, 1.82) is 0 Å². The maximum Gasteiger partial charge on any atom is 0.153 e. The van der Waals surface area contributed by atoms with E-state index in [2.05, 4.69) is 48.9 Å². The Morgan fingerprint density at radius 3 is 2.69 bits per heavy atom. The molecule has 0 bridgehead atoms. The van der Waals surface area contributed by atoms with E-state index in [1.807, 2.05) is 23.0 Å². The second-order valence-corrected chi connectivity index (χ2v) is 4.83. The maximum absolute atomic E-state index is 4.37. The van der Waals surface area contributed by atoms with Crippen molar-refractivity contribution < 1.29 is 0 Å². The van der Waals surface area contributed by atoms with E-state index >= 15 is 0 Å². The first-order valence-electron chi connectivity index (χ1n) is 5.00. The van der Waals surface area contributed by atoms with Gasteiger partial charge in [-0.2, -0.15) is 5.10 Å². The molecule has 0 saturated carbocycles. The molecule has 0 atom stereocenters. The average Bonchev–Trinajstić information content (AvgIpc) is 2.72. The van der Waals surface area contributed by atoms with Gasteiger partial charge in [-0.05, 0) is 34.5 Å². The zero-order valence-corrected chi connectivity index (χ0v) is 12.0. The highest BCUT2D eigenvalue weighted by Gasteiger charge is 2.10. The Hall–Kier alpha value is -0.680. The fraction of sp³-hybridized carbons (Fsp3) is 0.273. The van der Waals surface area contributed by atoms with Crippen molar-refractivity contribution in [3.05, 3.63) is 40.3 Å². The van der Waals surface area contributed by atoms with Crippen LogP contribution in [0, 0.1) is 0 Å². The summed E-state index contributed by atoms with van der Waals surface area (Å²) < 4.78 is 2.87. The first-order valence-corrected chi connectivity index (χ1v) is 6.91. The van der Waals surface area contributed by atoms with Gasteiger partial charge < -0.3 is 0 Å². The van der Waals surface area contributed by atoms with Crippen LogP contribution >= 0.6 is 31.9 Å². The molecule has 0 spiro atoms. The summed E-state index contributed by atoms with van der Waals surface area (Å²) >= 11 is 6.84. The van der Waals surface area contributed by atoms with Gasteiger partial charge in [-0.1, -0.05) is 22.9 Å². The first-order chi connectivity index (χ1) is 7.76. The number of hydrogen-bond acceptors (Lipinski definition) is 2. The third kappa shape index (κ3) is 2.20. The summed E-state index contributed by atoms with van der Waals surface area (Å²) in [5.74, 6) is 0.854. The highest BCUT2D eigenvalue weighted by Crippen LogP contribution is 2.17. The van der Waals surface area contributed by atoms with Crippen LogP contribution in [0.25, 0.3) is 5.82 Å². The zero-order valence-electron chi connectivity index (χ0n) is 8.82. The van der Waals surface area contributed by atoms with Gasteiger partial charge in [0.15, 0.2) is 5.82 Å². The summed E-state index contributed by atoms with van der Waals surface area (Å²) in [5.41, 5.74) is 2.42. The molecule has 0 aliphatic carbocycles. The normalized spacial score (nSPS) is 10.7. The predicted molar refractivity (Wildman–Crippen MR) is 71.1 cm³/mol. The molecule has 84 valence electrons. The lowest BCUT2D eigenvalue weighted by Gasteiger charge is -2.05. The Morgan fingerprint density at radius 1 is 1.31 bits per heavy atom. The summed E-state index contributed by atoms with van der Waals surface area (Å²) in [5, 5.41) is 5.19. The van der Waals surface area contributed by atoms with Crippen molar-refractivity contribution in [2.75, 3.05) is 0 Å². The van der Waals surface area contributed by atoms with Gasteiger partial charge in [0.1, 0.15) is 0 Å². The molecule has 2 aromatic rings. The number of alkyl halides is 1. The Balaban J connectivity index is 2.47. The molecule has 2 aromatic heterocycles. The lowest BCUT2D eigenvalue weighted by atomic mass is 10.2. The minimum absolute atomic E-state index is 0.826. The number of pyridine rings is 1. The van der Waals surface area contributed by atoms with Crippen LogP contribution in [0.2, 0.25) is 0 Å². The fourth-order valence-corrected chi connectivity index (χ4v) is 2.29. The standard InChI is InChI=1S/C11H11Br2N3/c1-2-10-8(5-12)6-15-16(10)11-4-3-9(13)7-14-11/h3-4,6-7H,2,5H2,1H3. The van der Waals surface area contributed by atoms with Gasteiger partial charge in [0.05, 0.1) is 6.20 Å². The number of aromatic nitrogens is 3. The molecule has 0 aliphatic heterocycles. The molecule has 0 N–H and O–H groups in total. The van der Waals surface area contributed by atoms with Gasteiger partial charge in [-0.15, -0.1) is 0 Å². The number of nitrogens with zero attached hydrogens (tertiary/aromatic N) is 3. The monoisotopic (exact) mass is 343 g/mol. The first kappa shape index (κ1) is 11.8. The molecule has 0 fully saturated rings. The molecule has 16 heavy (non-hydrogen) atoms. The smallest absolute Gasteiger partial charge is 0.153 e. The SMILES string of the molecule is CCc1c(CBr)cnn1-c1ccc(Br)cn1. The minimum atomic E-state index is 0.826. The number of hydrogen-bond donors (Lipinski definition) is 0. The fourth-order valence-electron chi connectivity index (χ4n) is 1.59. The van der Waals surface area contributed by atoms with Crippen LogP contribution in [0.4, 0.5) is 0 Å². The van der Waals surface area contributed by atoms with E-state index in [0.717, 1.165) is 22.0 Å². The van der Waals surface area contributed by atoms with Gasteiger partial charge in [0.2, 0.25) is 0 Å². The van der Waals surface area contributed by atoms with Crippen molar-refractivity contribution in [2.45, 2.75) is 18.7 Å². The Morgan fingerprint density at radius 2 is 2.12 bits per heavy atom. The molecule has 0 aromatic carbocycles. The lowest BCUT2D eigenvalue weighted by Crippen LogP contribution is -2.04. The molecule has 5 heteroatoms. The summed E-state index contributed by atoms with van der Waals surface area (Å²) in [6.07, 6.45) is 4.61. The highest BCUT2D eigenvalue weighted by atomic mass is 79.9. The molecular formula is C11H11Br2N3. The van der Waals surface area contributed by atoms with Crippen molar-refractivity contribution >= 4 is 31.9 Å². The number of halogens is 2. The largest absolute Gasteiger partial charge is 0.236 e. The van der Waals surface area contributed by atoms with Crippen LogP contribution in [0.5, 0.6) is 0 Å². The van der Waals surface area contributed by atoms with E-state index in [1.165, 1.54) is 11.3 Å². The molecule has 0 amide bonds. The summed E-state index contributed by atoms with van der Waals surface area (Å²) in [4.78, 5) is 4.34. The molecule has 0 saturated heterocycles. The van der Waals surface area contributed by atoms with Gasteiger partial charge in [-0.3, -0.25) is 0 Å². The van der Waals surface area contributed by atoms with Gasteiger partial charge >= 0.3 is 0 Å². The van der Waals surface area contributed by atoms with E-state index in [1.54, 1.807) is 6.20 Å². The summed E-state index contributed by atoms with van der Waals surface area (Å²) in [6.45, 7) is 2.12. The summed E-state index contributed by atoms with van der Waals surface area (Å²) in [7, 11) is 0. The molecule has 2 heterocycles. The van der Waals surface area contributed by atoms with Crippen LogP contribution in [-0.2, 0) is 11.8 Å². The van der Waals surface area contributed by atoms with Crippen LogP contribution in [0.15, 0.2) is 29.0 Å². The van der Waals surface area contributed by atoms with Crippen LogP contribution in [0.1, 0.15) is 18.2 Å². The van der Waals surface area contributed by atoms with Crippen LogP contribution < -0.4 is 0 Å². The second kappa shape index (κ2) is 5.10. The van der Waals surface area contributed by atoms with Crippen molar-refractivity contribution in [3.63, 3.8) is 0 Å². The molecule has 0 aliphatic rings. The third-order valence-electron chi connectivity index (χ3n) is 2.36. The Labute approximate surface area is 111 Å². The van der Waals surface area contributed by atoms with Crippen LogP contribution in [-0.4, -0.2) is 14.8 Å². The quantitative estimate of drug-likeness (QED) is 0.798. The van der Waals surface area contributed by atoms with Gasteiger partial charge in [0.25, 0.3) is 0 Å². The molecule has 2 rings (SSSR count). The van der Waals surface area contributed by atoms with E-state index in [-0.39, 0.29) is 0 Å². The van der Waals surface area contributed by atoms with Crippen molar-refractivity contribution in [3.8, 4) is 5.82 Å². The van der Waals surface area contributed by atoms with Gasteiger partial charge in [-0.25, -0.2) is 9.67 Å². The predicted octanol–water partition coefficient (Wildman–Crippen LogP) is 3.49. The highest BCUT2D eigenvalue weighted by molar-refractivity contribution is 9.10. The molecule has 0 unspecified atom stereocenters. The second-order valence-electron chi connectivity index (χ2n) is 3.35. The van der Waals surface area contributed by atoms with Crippen LogP contribution in [0.3, 0.4) is 0 Å². The number of rotatable bonds is 3. The molecule has 0 radical (unpaired) electrons. The Kier molecular flexibility index (Phi) is 3.76. The molecule has 3 nitrogen and oxygen atoms in total. The zero-order chi connectivity index (χ0) is 11.5. The third-order valence-corrected chi connectivity index (χ3v) is 3.44. The van der Waals surface area contributed by atoms with Crippen molar-refractivity contribution in [1.82, 2.24) is 14.8 Å². The van der Waals surface area contributed by atoms with E-state index in [0.29, 0.717) is 0 Å².